The van der Waals surface area contributed by atoms with Crippen LogP contribution >= 0.6 is 11.3 Å². The van der Waals surface area contributed by atoms with E-state index >= 15 is 0 Å². The van der Waals surface area contributed by atoms with E-state index in [1.54, 1.807) is 10.8 Å². The van der Waals surface area contributed by atoms with E-state index in [1.807, 2.05) is 26.2 Å². The van der Waals surface area contributed by atoms with Crippen LogP contribution in [0.3, 0.4) is 0 Å². The number of hydrogen-bond acceptors (Lipinski definition) is 5. The Morgan fingerprint density at radius 2 is 2.33 bits per heavy atom. The smallest absolute Gasteiger partial charge is 0.348 e. The van der Waals surface area contributed by atoms with Crippen LogP contribution in [-0.2, 0) is 22.4 Å². The third kappa shape index (κ3) is 2.45. The lowest BCUT2D eigenvalue weighted by molar-refractivity contribution is -0.720. The molecule has 0 amide bonds. The molecule has 7 heteroatoms. The number of nitrogens with zero attached hydrogens (tertiary/aromatic N) is 2. The van der Waals surface area contributed by atoms with Crippen LogP contribution in [0.4, 0.5) is 0 Å². The number of aromatic nitrogens is 2. The van der Waals surface area contributed by atoms with Gasteiger partial charge in [-0.2, -0.15) is 4.40 Å². The summed E-state index contributed by atoms with van der Waals surface area (Å²) in [5, 5.41) is 14.3. The van der Waals surface area contributed by atoms with Gasteiger partial charge >= 0.3 is 10.5 Å². The topological polar surface area (TPSA) is 66.9 Å². The fourth-order valence-electron chi connectivity index (χ4n) is 2.63. The zero-order valence-corrected chi connectivity index (χ0v) is 13.1. The van der Waals surface area contributed by atoms with Gasteiger partial charge in [0.25, 0.3) is 0 Å². The van der Waals surface area contributed by atoms with E-state index in [9.17, 15) is 9.90 Å². The van der Waals surface area contributed by atoms with Gasteiger partial charge in [-0.05, 0) is 20.3 Å². The highest BCUT2D eigenvalue weighted by Crippen LogP contribution is 2.23. The number of hydrogen-bond donors (Lipinski definition) is 0. The lowest BCUT2D eigenvalue weighted by Gasteiger charge is -2.19. The van der Waals surface area contributed by atoms with Gasteiger partial charge in [0.2, 0.25) is 0 Å². The van der Waals surface area contributed by atoms with E-state index in [2.05, 4.69) is 0 Å². The molecule has 3 heterocycles. The van der Waals surface area contributed by atoms with Crippen molar-refractivity contribution in [3.63, 3.8) is 0 Å². The van der Waals surface area contributed by atoms with Crippen LogP contribution < -0.4 is 15.2 Å². The van der Waals surface area contributed by atoms with E-state index < -0.39 is 5.79 Å². The summed E-state index contributed by atoms with van der Waals surface area (Å²) in [7, 11) is 0. The van der Waals surface area contributed by atoms with E-state index in [4.69, 9.17) is 9.47 Å². The van der Waals surface area contributed by atoms with Crippen molar-refractivity contribution in [2.75, 3.05) is 6.61 Å². The van der Waals surface area contributed by atoms with Crippen molar-refractivity contribution in [2.45, 2.75) is 45.6 Å². The molecule has 0 spiro atoms. The molecule has 1 atom stereocenters. The van der Waals surface area contributed by atoms with Crippen LogP contribution in [0, 0.1) is 0 Å². The third-order valence-electron chi connectivity index (χ3n) is 3.61. The minimum Gasteiger partial charge on any atom is -0.842 e. The predicted octanol–water partition coefficient (Wildman–Crippen LogP) is 0.436. The van der Waals surface area contributed by atoms with Crippen LogP contribution in [0.25, 0.3) is 4.96 Å². The minimum absolute atomic E-state index is 0.189. The standard InChI is InChI=1S/C14H18N2O4S/c1-4-10-11(17)15-5-6-21-13(15)16(12(10)18)7-9-8-19-14(2,3)20-9/h5-6,9H,4,7-8H2,1-3H3. The van der Waals surface area contributed by atoms with Crippen molar-refractivity contribution in [3.8, 4) is 5.88 Å². The van der Waals surface area contributed by atoms with E-state index in [1.165, 1.54) is 15.7 Å². The molecular weight excluding hydrogens is 292 g/mol. The Bertz CT molecular complexity index is 734. The highest BCUT2D eigenvalue weighted by atomic mass is 32.1. The molecule has 0 aromatic carbocycles. The van der Waals surface area contributed by atoms with Crippen molar-refractivity contribution in [3.05, 3.63) is 27.5 Å². The van der Waals surface area contributed by atoms with Crippen molar-refractivity contribution >= 4 is 16.3 Å². The molecule has 2 aromatic rings. The molecule has 1 aliphatic heterocycles. The highest BCUT2D eigenvalue weighted by Gasteiger charge is 2.35. The van der Waals surface area contributed by atoms with Gasteiger partial charge in [0, 0.05) is 5.38 Å². The molecule has 114 valence electrons. The fourth-order valence-corrected chi connectivity index (χ4v) is 3.47. The molecule has 1 saturated heterocycles. The van der Waals surface area contributed by atoms with Gasteiger partial charge in [-0.15, -0.1) is 0 Å². The minimum atomic E-state index is -0.623. The summed E-state index contributed by atoms with van der Waals surface area (Å²) in [5.74, 6) is -0.847. The molecule has 0 N–H and O–H groups in total. The van der Waals surface area contributed by atoms with Crippen molar-refractivity contribution < 1.29 is 19.1 Å². The van der Waals surface area contributed by atoms with Gasteiger partial charge in [-0.3, -0.25) is 0 Å². The maximum atomic E-state index is 12.5. The Morgan fingerprint density at radius 3 is 2.95 bits per heavy atom. The van der Waals surface area contributed by atoms with Crippen molar-refractivity contribution in [2.24, 2.45) is 0 Å². The lowest BCUT2D eigenvalue weighted by Crippen LogP contribution is -2.48. The molecule has 1 unspecified atom stereocenters. The van der Waals surface area contributed by atoms with Gasteiger partial charge in [0.15, 0.2) is 5.79 Å². The van der Waals surface area contributed by atoms with Gasteiger partial charge in [-0.25, -0.2) is 9.36 Å². The Kier molecular flexibility index (Phi) is 3.51. The summed E-state index contributed by atoms with van der Waals surface area (Å²) in [5.41, 5.74) is 0.0861. The second-order valence-corrected chi connectivity index (χ2v) is 6.43. The molecule has 0 bridgehead atoms. The van der Waals surface area contributed by atoms with Gasteiger partial charge < -0.3 is 14.6 Å². The first-order chi connectivity index (χ1) is 9.93. The second kappa shape index (κ2) is 5.08. The summed E-state index contributed by atoms with van der Waals surface area (Å²) in [4.78, 5) is 12.9. The Morgan fingerprint density at radius 1 is 1.57 bits per heavy atom. The average Bonchev–Trinajstić information content (AvgIpc) is 3.02. The molecule has 2 aromatic heterocycles. The summed E-state index contributed by atoms with van der Waals surface area (Å²) >= 11 is 1.37. The summed E-state index contributed by atoms with van der Waals surface area (Å²) in [6.45, 7) is 6.35. The van der Waals surface area contributed by atoms with E-state index in [-0.39, 0.29) is 17.5 Å². The highest BCUT2D eigenvalue weighted by molar-refractivity contribution is 7.14. The van der Waals surface area contributed by atoms with Crippen LogP contribution in [-0.4, -0.2) is 22.9 Å². The maximum absolute atomic E-state index is 12.5. The fraction of sp³-hybridized carbons (Fsp3) is 0.571. The molecule has 6 nitrogen and oxygen atoms in total. The van der Waals surface area contributed by atoms with Gasteiger partial charge in [0.1, 0.15) is 18.8 Å². The number of fused-ring (bicyclic) bond motifs is 1. The lowest BCUT2D eigenvalue weighted by atomic mass is 10.2. The monoisotopic (exact) mass is 310 g/mol. The quantitative estimate of drug-likeness (QED) is 0.771. The maximum Gasteiger partial charge on any atom is 0.348 e. The molecule has 0 saturated carbocycles. The van der Waals surface area contributed by atoms with Crippen molar-refractivity contribution in [1.29, 1.82) is 0 Å². The molecule has 3 rings (SSSR count). The van der Waals surface area contributed by atoms with E-state index in [0.29, 0.717) is 30.1 Å². The normalized spacial score (nSPS) is 21.2. The number of rotatable bonds is 3. The van der Waals surface area contributed by atoms with Crippen molar-refractivity contribution in [1.82, 2.24) is 4.40 Å². The van der Waals surface area contributed by atoms with Crippen LogP contribution in [0.2, 0.25) is 0 Å². The number of ether oxygens (including phenoxy) is 2. The predicted molar refractivity (Wildman–Crippen MR) is 75.5 cm³/mol. The third-order valence-corrected chi connectivity index (χ3v) is 4.49. The Hall–Kier alpha value is -1.44. The second-order valence-electron chi connectivity index (χ2n) is 5.56. The average molecular weight is 310 g/mol. The van der Waals surface area contributed by atoms with Crippen LogP contribution in [0.1, 0.15) is 26.3 Å². The SMILES string of the molecule is CCc1c([O-])[n+](CC2COC(C)(C)O2)c2sccn2c1=O. The molecule has 0 aliphatic carbocycles. The molecular formula is C14H18N2O4S. The van der Waals surface area contributed by atoms with Crippen LogP contribution in [0.5, 0.6) is 5.88 Å². The first-order valence-corrected chi connectivity index (χ1v) is 7.84. The molecule has 1 aliphatic rings. The van der Waals surface area contributed by atoms with Gasteiger partial charge in [-0.1, -0.05) is 18.3 Å². The summed E-state index contributed by atoms with van der Waals surface area (Å²) < 4.78 is 14.5. The van der Waals surface area contributed by atoms with Crippen LogP contribution in [0.15, 0.2) is 16.4 Å². The van der Waals surface area contributed by atoms with Gasteiger partial charge in [0.05, 0.1) is 18.1 Å². The molecule has 1 fully saturated rings. The Balaban J connectivity index is 2.06. The zero-order chi connectivity index (χ0) is 15.2. The summed E-state index contributed by atoms with van der Waals surface area (Å²) in [6, 6.07) is 0. The molecule has 21 heavy (non-hydrogen) atoms. The summed E-state index contributed by atoms with van der Waals surface area (Å²) in [6.07, 6.45) is 1.93. The largest absolute Gasteiger partial charge is 0.842 e. The van der Waals surface area contributed by atoms with E-state index in [0.717, 1.165) is 0 Å². The Labute approximate surface area is 126 Å². The first kappa shape index (κ1) is 14.5. The number of thiazole rings is 1. The first-order valence-electron chi connectivity index (χ1n) is 6.96. The zero-order valence-electron chi connectivity index (χ0n) is 12.3. The molecule has 0 radical (unpaired) electrons.